The first-order valence-corrected chi connectivity index (χ1v) is 3.68. The van der Waals surface area contributed by atoms with Gasteiger partial charge in [0.1, 0.15) is 0 Å². The lowest BCUT2D eigenvalue weighted by Gasteiger charge is -2.04. The first-order valence-electron chi connectivity index (χ1n) is 3.68. The summed E-state index contributed by atoms with van der Waals surface area (Å²) >= 11 is 0. The van der Waals surface area contributed by atoms with E-state index in [1.165, 1.54) is 0 Å². The predicted octanol–water partition coefficient (Wildman–Crippen LogP) is -1.25. The van der Waals surface area contributed by atoms with Gasteiger partial charge in [0.15, 0.2) is 5.82 Å². The minimum atomic E-state index is -0.648. The Hall–Kier alpha value is -1.34. The topological polar surface area (TPSA) is 114 Å². The zero-order valence-electron chi connectivity index (χ0n) is 7.44. The minimum Gasteiger partial charge on any atom is -0.347 e. The van der Waals surface area contributed by atoms with Crippen molar-refractivity contribution in [1.82, 2.24) is 15.5 Å². The summed E-state index contributed by atoms with van der Waals surface area (Å²) in [4.78, 5) is 23.7. The molecule has 0 spiro atoms. The SMILES string of the molecule is C[C@@H](N)C(=O)NCc1noc(=O)[nH]1.Cl. The molecule has 7 nitrogen and oxygen atoms in total. The highest BCUT2D eigenvalue weighted by Crippen LogP contribution is 1.83. The van der Waals surface area contributed by atoms with E-state index in [0.717, 1.165) is 0 Å². The van der Waals surface area contributed by atoms with Crippen LogP contribution in [-0.4, -0.2) is 22.1 Å². The number of carbonyl (C=O) groups excluding carboxylic acids is 1. The summed E-state index contributed by atoms with van der Waals surface area (Å²) in [5.41, 5.74) is 5.28. The number of nitrogens with zero attached hydrogens (tertiary/aromatic N) is 1. The minimum absolute atomic E-state index is 0. The Morgan fingerprint density at radius 1 is 1.79 bits per heavy atom. The van der Waals surface area contributed by atoms with Crippen molar-refractivity contribution in [2.45, 2.75) is 19.5 Å². The fourth-order valence-corrected chi connectivity index (χ4v) is 0.668. The van der Waals surface area contributed by atoms with Gasteiger partial charge in [0.25, 0.3) is 0 Å². The smallest absolute Gasteiger partial charge is 0.347 e. The molecule has 0 saturated heterocycles. The number of carbonyl (C=O) groups is 1. The van der Waals surface area contributed by atoms with Crippen LogP contribution in [-0.2, 0) is 11.3 Å². The number of aromatic amines is 1. The summed E-state index contributed by atoms with van der Waals surface area (Å²) < 4.78 is 4.21. The Labute approximate surface area is 85.4 Å². The van der Waals surface area contributed by atoms with Crippen LogP contribution in [0, 0.1) is 0 Å². The largest absolute Gasteiger partial charge is 0.438 e. The average Bonchev–Trinajstić information content (AvgIpc) is 2.47. The van der Waals surface area contributed by atoms with E-state index in [1.807, 2.05) is 0 Å². The van der Waals surface area contributed by atoms with Crippen molar-refractivity contribution < 1.29 is 9.32 Å². The molecule has 4 N–H and O–H groups in total. The molecule has 1 amide bonds. The normalized spacial score (nSPS) is 11.6. The van der Waals surface area contributed by atoms with Crippen LogP contribution in [0.15, 0.2) is 9.32 Å². The number of H-pyrrole nitrogens is 1. The number of nitrogens with two attached hydrogens (primary N) is 1. The zero-order valence-corrected chi connectivity index (χ0v) is 8.26. The third kappa shape index (κ3) is 3.58. The second kappa shape index (κ2) is 5.40. The van der Waals surface area contributed by atoms with Gasteiger partial charge in [0.2, 0.25) is 5.91 Å². The molecule has 0 bridgehead atoms. The molecule has 80 valence electrons. The van der Waals surface area contributed by atoms with Gasteiger partial charge in [-0.05, 0) is 6.92 Å². The van der Waals surface area contributed by atoms with Gasteiger partial charge >= 0.3 is 5.76 Å². The van der Waals surface area contributed by atoms with Gasteiger partial charge in [-0.2, -0.15) is 0 Å². The fourth-order valence-electron chi connectivity index (χ4n) is 0.668. The fraction of sp³-hybridized carbons (Fsp3) is 0.500. The highest BCUT2D eigenvalue weighted by atomic mass is 35.5. The molecule has 1 atom stereocenters. The van der Waals surface area contributed by atoms with Crippen molar-refractivity contribution in [3.63, 3.8) is 0 Å². The van der Waals surface area contributed by atoms with Gasteiger partial charge < -0.3 is 11.1 Å². The van der Waals surface area contributed by atoms with E-state index in [9.17, 15) is 9.59 Å². The summed E-state index contributed by atoms with van der Waals surface area (Å²) in [6.07, 6.45) is 0. The van der Waals surface area contributed by atoms with E-state index >= 15 is 0 Å². The molecule has 0 aliphatic carbocycles. The van der Waals surface area contributed by atoms with Gasteiger partial charge in [0, 0.05) is 0 Å². The second-order valence-corrected chi connectivity index (χ2v) is 2.55. The number of amides is 1. The lowest BCUT2D eigenvalue weighted by Crippen LogP contribution is -2.38. The number of halogens is 1. The van der Waals surface area contributed by atoms with Crippen LogP contribution in [0.25, 0.3) is 0 Å². The Balaban J connectivity index is 0.00000169. The van der Waals surface area contributed by atoms with Gasteiger partial charge in [0.05, 0.1) is 12.6 Å². The lowest BCUT2D eigenvalue weighted by molar-refractivity contribution is -0.122. The maximum absolute atomic E-state index is 10.9. The quantitative estimate of drug-likeness (QED) is 0.591. The van der Waals surface area contributed by atoms with E-state index in [0.29, 0.717) is 0 Å². The number of aromatic nitrogens is 2. The van der Waals surface area contributed by atoms with Crippen molar-refractivity contribution in [2.75, 3.05) is 0 Å². The van der Waals surface area contributed by atoms with Crippen molar-refractivity contribution >= 4 is 18.3 Å². The van der Waals surface area contributed by atoms with Gasteiger partial charge in [-0.15, -0.1) is 12.4 Å². The van der Waals surface area contributed by atoms with E-state index in [2.05, 4.69) is 20.0 Å². The summed E-state index contributed by atoms with van der Waals surface area (Å²) in [5.74, 6) is -0.701. The Morgan fingerprint density at radius 3 is 2.86 bits per heavy atom. The monoisotopic (exact) mass is 222 g/mol. The van der Waals surface area contributed by atoms with Crippen LogP contribution < -0.4 is 16.8 Å². The van der Waals surface area contributed by atoms with Crippen LogP contribution in [0.5, 0.6) is 0 Å². The molecule has 1 heterocycles. The maximum Gasteiger partial charge on any atom is 0.438 e. The van der Waals surface area contributed by atoms with Crippen LogP contribution in [0.4, 0.5) is 0 Å². The van der Waals surface area contributed by atoms with E-state index in [-0.39, 0.29) is 30.7 Å². The molecule has 0 unspecified atom stereocenters. The molecular formula is C6H11ClN4O3. The molecule has 1 aromatic rings. The summed E-state index contributed by atoms with van der Waals surface area (Å²) in [5, 5.41) is 5.80. The predicted molar refractivity (Wildman–Crippen MR) is 49.9 cm³/mol. The summed E-state index contributed by atoms with van der Waals surface area (Å²) in [6, 6.07) is -0.585. The number of hydrogen-bond acceptors (Lipinski definition) is 5. The van der Waals surface area contributed by atoms with Crippen LogP contribution in [0.3, 0.4) is 0 Å². The van der Waals surface area contributed by atoms with Gasteiger partial charge in [-0.3, -0.25) is 14.3 Å². The molecule has 14 heavy (non-hydrogen) atoms. The molecule has 8 heteroatoms. The first kappa shape index (κ1) is 12.7. The summed E-state index contributed by atoms with van der Waals surface area (Å²) in [6.45, 7) is 1.66. The van der Waals surface area contributed by atoms with Crippen molar-refractivity contribution in [3.05, 3.63) is 16.4 Å². The molecule has 0 radical (unpaired) electrons. The van der Waals surface area contributed by atoms with Crippen LogP contribution in [0.1, 0.15) is 12.7 Å². The molecule has 1 rings (SSSR count). The van der Waals surface area contributed by atoms with Crippen LogP contribution in [0.2, 0.25) is 0 Å². The third-order valence-electron chi connectivity index (χ3n) is 1.33. The molecule has 0 aromatic carbocycles. The lowest BCUT2D eigenvalue weighted by atomic mass is 10.3. The molecule has 0 fully saturated rings. The summed E-state index contributed by atoms with van der Waals surface area (Å²) in [7, 11) is 0. The average molecular weight is 223 g/mol. The molecule has 0 aliphatic rings. The van der Waals surface area contributed by atoms with E-state index in [1.54, 1.807) is 6.92 Å². The number of rotatable bonds is 3. The van der Waals surface area contributed by atoms with Crippen molar-refractivity contribution in [1.29, 1.82) is 0 Å². The van der Waals surface area contributed by atoms with Gasteiger partial charge in [-0.1, -0.05) is 5.16 Å². The van der Waals surface area contributed by atoms with Crippen molar-refractivity contribution in [2.24, 2.45) is 5.73 Å². The molecular weight excluding hydrogens is 212 g/mol. The van der Waals surface area contributed by atoms with Crippen LogP contribution >= 0.6 is 12.4 Å². The third-order valence-corrected chi connectivity index (χ3v) is 1.33. The first-order chi connectivity index (χ1) is 6.09. The molecule has 1 aromatic heterocycles. The maximum atomic E-state index is 10.9. The highest BCUT2D eigenvalue weighted by Gasteiger charge is 2.07. The standard InChI is InChI=1S/C6H10N4O3.ClH/c1-3(7)5(11)8-2-4-9-6(12)13-10-4;/h3H,2,7H2,1H3,(H,8,11)(H,9,10,12);1H/t3-;/m1./s1. The number of nitrogens with one attached hydrogen (secondary N) is 2. The van der Waals surface area contributed by atoms with E-state index in [4.69, 9.17) is 5.73 Å². The Kier molecular flexibility index (Phi) is 4.89. The Morgan fingerprint density at radius 2 is 2.43 bits per heavy atom. The highest BCUT2D eigenvalue weighted by molar-refractivity contribution is 5.85. The second-order valence-electron chi connectivity index (χ2n) is 2.55. The molecule has 0 saturated carbocycles. The zero-order chi connectivity index (χ0) is 9.84. The van der Waals surface area contributed by atoms with Gasteiger partial charge in [-0.25, -0.2) is 4.79 Å². The van der Waals surface area contributed by atoms with E-state index < -0.39 is 11.8 Å². The van der Waals surface area contributed by atoms with Crippen molar-refractivity contribution in [3.8, 4) is 0 Å². The molecule has 0 aliphatic heterocycles. The number of hydrogen-bond donors (Lipinski definition) is 3. The Bertz CT molecular complexity index is 345.